The number of amides is 2. The average molecular weight is 682 g/mol. The first kappa shape index (κ1) is 34.5. The van der Waals surface area contributed by atoms with Gasteiger partial charge in [0.2, 0.25) is 5.91 Å². The third kappa shape index (κ3) is 10.1. The predicted molar refractivity (Wildman–Crippen MR) is 179 cm³/mol. The summed E-state index contributed by atoms with van der Waals surface area (Å²) in [6.45, 7) is 0.387. The Labute approximate surface area is 281 Å². The molecule has 4 rings (SSSR count). The molecule has 0 bridgehead atoms. The molecule has 0 spiro atoms. The lowest BCUT2D eigenvalue weighted by Crippen LogP contribution is -2.41. The van der Waals surface area contributed by atoms with Crippen molar-refractivity contribution in [1.29, 1.82) is 0 Å². The highest BCUT2D eigenvalue weighted by Crippen LogP contribution is 2.32. The van der Waals surface area contributed by atoms with E-state index in [-0.39, 0.29) is 52.8 Å². The summed E-state index contributed by atoms with van der Waals surface area (Å²) in [6.07, 6.45) is 0.362. The number of carboxylic acid groups (broad SMARTS) is 1. The van der Waals surface area contributed by atoms with E-state index in [0.717, 1.165) is 11.1 Å². The van der Waals surface area contributed by atoms with E-state index in [4.69, 9.17) is 39.5 Å². The fourth-order valence-electron chi connectivity index (χ4n) is 4.66. The molecule has 0 heterocycles. The molecule has 0 aromatic heterocycles. The lowest BCUT2D eigenvalue weighted by molar-refractivity contribution is -0.139. The van der Waals surface area contributed by atoms with Crippen LogP contribution in [0.4, 0.5) is 5.69 Å². The Morgan fingerprint density at radius 1 is 0.804 bits per heavy atom. The Hall–Kier alpha value is -4.37. The van der Waals surface area contributed by atoms with Gasteiger partial charge in [-0.3, -0.25) is 14.4 Å². The standard InChI is InChI=1S/C35H31Cl3N2O6/c36-25-11-6-9-23(19-25)20-31(42)39-28-18-16-27(37)32(33(28)38)34(43)40-29(35(44)45)17-15-26(41)14-13-24-10-4-5-12-30(24)46-21-22-7-2-1-3-8-22/h1-12,16,18-19,29H,13-15,17,20-21H2,(H,39,42)(H,40,43)(H,44,45)/t29-/m0/s1. The predicted octanol–water partition coefficient (Wildman–Crippen LogP) is 7.57. The van der Waals surface area contributed by atoms with Crippen LogP contribution in [0.1, 0.15) is 46.3 Å². The maximum Gasteiger partial charge on any atom is 0.326 e. The summed E-state index contributed by atoms with van der Waals surface area (Å²) in [7, 11) is 0. The minimum Gasteiger partial charge on any atom is -0.489 e. The number of anilines is 1. The number of ether oxygens (including phenoxy) is 1. The molecular weight excluding hydrogens is 651 g/mol. The van der Waals surface area contributed by atoms with E-state index in [2.05, 4.69) is 10.6 Å². The molecule has 0 fully saturated rings. The fraction of sp³-hybridized carbons (Fsp3) is 0.200. The SMILES string of the molecule is O=C(CCc1ccccc1OCc1ccccc1)CC[C@H](NC(=O)c1c(Cl)ccc(NC(=O)Cc2cccc(Cl)c2)c1Cl)C(=O)O. The molecule has 1 atom stereocenters. The molecule has 46 heavy (non-hydrogen) atoms. The Morgan fingerprint density at radius 2 is 1.52 bits per heavy atom. The molecule has 238 valence electrons. The molecule has 0 radical (unpaired) electrons. The van der Waals surface area contributed by atoms with Gasteiger partial charge in [-0.2, -0.15) is 0 Å². The van der Waals surface area contributed by atoms with Crippen LogP contribution in [0.5, 0.6) is 5.75 Å². The zero-order valence-electron chi connectivity index (χ0n) is 24.6. The van der Waals surface area contributed by atoms with E-state index < -0.39 is 23.8 Å². The second-order valence-electron chi connectivity index (χ2n) is 10.5. The molecular formula is C35H31Cl3N2O6. The molecule has 4 aromatic rings. The number of halogens is 3. The van der Waals surface area contributed by atoms with Crippen molar-refractivity contribution in [3.8, 4) is 5.75 Å². The number of carbonyl (C=O) groups excluding carboxylic acids is 3. The van der Waals surface area contributed by atoms with Gasteiger partial charge in [-0.15, -0.1) is 0 Å². The smallest absolute Gasteiger partial charge is 0.326 e. The van der Waals surface area contributed by atoms with Crippen LogP contribution in [0.3, 0.4) is 0 Å². The van der Waals surface area contributed by atoms with Gasteiger partial charge in [0.1, 0.15) is 24.2 Å². The Bertz CT molecular complexity index is 1710. The zero-order chi connectivity index (χ0) is 33.1. The highest BCUT2D eigenvalue weighted by atomic mass is 35.5. The van der Waals surface area contributed by atoms with Crippen molar-refractivity contribution in [3.05, 3.63) is 128 Å². The van der Waals surface area contributed by atoms with E-state index in [1.807, 2.05) is 54.6 Å². The van der Waals surface area contributed by atoms with Crippen molar-refractivity contribution in [1.82, 2.24) is 5.32 Å². The molecule has 0 saturated heterocycles. The van der Waals surface area contributed by atoms with Gasteiger partial charge in [-0.05, 0) is 59.9 Å². The van der Waals surface area contributed by atoms with E-state index >= 15 is 0 Å². The van der Waals surface area contributed by atoms with E-state index in [9.17, 15) is 24.3 Å². The number of rotatable bonds is 15. The van der Waals surface area contributed by atoms with Crippen LogP contribution in [0.25, 0.3) is 0 Å². The van der Waals surface area contributed by atoms with Crippen molar-refractivity contribution < 1.29 is 29.0 Å². The minimum atomic E-state index is -1.38. The van der Waals surface area contributed by atoms with Crippen molar-refractivity contribution in [2.75, 3.05) is 5.32 Å². The summed E-state index contributed by atoms with van der Waals surface area (Å²) in [5.41, 5.74) is 2.47. The van der Waals surface area contributed by atoms with Gasteiger partial charge in [0.05, 0.1) is 27.7 Å². The number of hydrogen-bond donors (Lipinski definition) is 3. The van der Waals surface area contributed by atoms with Crippen LogP contribution in [0, 0.1) is 0 Å². The summed E-state index contributed by atoms with van der Waals surface area (Å²) in [5.74, 6) is -2.08. The largest absolute Gasteiger partial charge is 0.489 e. The summed E-state index contributed by atoms with van der Waals surface area (Å²) in [5, 5.41) is 15.1. The molecule has 0 saturated carbocycles. The van der Waals surface area contributed by atoms with Crippen LogP contribution >= 0.6 is 34.8 Å². The van der Waals surface area contributed by atoms with Crippen LogP contribution in [-0.2, 0) is 33.8 Å². The zero-order valence-corrected chi connectivity index (χ0v) is 26.9. The first-order valence-electron chi connectivity index (χ1n) is 14.4. The Morgan fingerprint density at radius 3 is 2.26 bits per heavy atom. The van der Waals surface area contributed by atoms with Gasteiger partial charge in [-0.1, -0.05) is 95.5 Å². The minimum absolute atomic E-state index is 0.00244. The number of nitrogens with one attached hydrogen (secondary N) is 2. The molecule has 0 aliphatic rings. The number of aryl methyl sites for hydroxylation is 1. The Kier molecular flexibility index (Phi) is 12.6. The monoisotopic (exact) mass is 680 g/mol. The summed E-state index contributed by atoms with van der Waals surface area (Å²) in [4.78, 5) is 50.5. The first-order valence-corrected chi connectivity index (χ1v) is 15.6. The van der Waals surface area contributed by atoms with Gasteiger partial charge >= 0.3 is 5.97 Å². The van der Waals surface area contributed by atoms with Crippen molar-refractivity contribution in [2.45, 2.75) is 44.8 Å². The number of benzene rings is 4. The van der Waals surface area contributed by atoms with Gasteiger partial charge in [0.15, 0.2) is 0 Å². The molecule has 3 N–H and O–H groups in total. The molecule has 8 nitrogen and oxygen atoms in total. The van der Waals surface area contributed by atoms with Gasteiger partial charge in [0, 0.05) is 17.9 Å². The van der Waals surface area contributed by atoms with Crippen LogP contribution in [-0.4, -0.2) is 34.7 Å². The maximum absolute atomic E-state index is 13.2. The number of carbonyl (C=O) groups is 4. The second kappa shape index (κ2) is 16.8. The average Bonchev–Trinajstić information content (AvgIpc) is 3.03. The van der Waals surface area contributed by atoms with E-state index in [0.29, 0.717) is 29.4 Å². The summed E-state index contributed by atoms with van der Waals surface area (Å²) >= 11 is 18.7. The van der Waals surface area contributed by atoms with Crippen LogP contribution in [0.2, 0.25) is 15.1 Å². The second-order valence-corrected chi connectivity index (χ2v) is 11.7. The van der Waals surface area contributed by atoms with Crippen molar-refractivity contribution in [2.24, 2.45) is 0 Å². The number of carboxylic acids is 1. The van der Waals surface area contributed by atoms with Gasteiger partial charge < -0.3 is 20.5 Å². The Balaban J connectivity index is 1.33. The van der Waals surface area contributed by atoms with Gasteiger partial charge in [-0.25, -0.2) is 4.79 Å². The molecule has 2 amide bonds. The van der Waals surface area contributed by atoms with Gasteiger partial charge in [0.25, 0.3) is 5.91 Å². The molecule has 11 heteroatoms. The number of hydrogen-bond acceptors (Lipinski definition) is 5. The fourth-order valence-corrected chi connectivity index (χ4v) is 5.47. The molecule has 0 aliphatic heterocycles. The third-order valence-corrected chi connectivity index (χ3v) is 7.99. The first-order chi connectivity index (χ1) is 22.1. The highest BCUT2D eigenvalue weighted by molar-refractivity contribution is 6.41. The summed E-state index contributed by atoms with van der Waals surface area (Å²) < 4.78 is 5.96. The normalized spacial score (nSPS) is 11.4. The number of Topliss-reactive ketones (excluding diaryl/α,β-unsaturated/α-hetero) is 1. The van der Waals surface area contributed by atoms with E-state index in [1.165, 1.54) is 12.1 Å². The molecule has 4 aromatic carbocycles. The van der Waals surface area contributed by atoms with Crippen LogP contribution in [0.15, 0.2) is 91.0 Å². The number of para-hydroxylation sites is 1. The third-order valence-electron chi connectivity index (χ3n) is 7.04. The lowest BCUT2D eigenvalue weighted by Gasteiger charge is -2.17. The highest BCUT2D eigenvalue weighted by Gasteiger charge is 2.26. The molecule has 0 unspecified atom stereocenters. The number of ketones is 1. The van der Waals surface area contributed by atoms with Crippen molar-refractivity contribution in [3.63, 3.8) is 0 Å². The van der Waals surface area contributed by atoms with E-state index in [1.54, 1.807) is 24.3 Å². The topological polar surface area (TPSA) is 122 Å². The van der Waals surface area contributed by atoms with Crippen molar-refractivity contribution >= 4 is 64.1 Å². The summed E-state index contributed by atoms with van der Waals surface area (Å²) in [6, 6.07) is 25.4. The maximum atomic E-state index is 13.2. The quantitative estimate of drug-likeness (QED) is 0.119. The molecule has 0 aliphatic carbocycles. The number of aliphatic carboxylic acids is 1. The lowest BCUT2D eigenvalue weighted by atomic mass is 10.0. The van der Waals surface area contributed by atoms with Crippen LogP contribution < -0.4 is 15.4 Å².